The lowest BCUT2D eigenvalue weighted by atomic mass is 9.92. The van der Waals surface area contributed by atoms with Gasteiger partial charge in [-0.15, -0.1) is 0 Å². The van der Waals surface area contributed by atoms with E-state index < -0.39 is 0 Å². The van der Waals surface area contributed by atoms with Crippen molar-refractivity contribution < 1.29 is 14.3 Å². The number of rotatable bonds is 7. The molecule has 0 radical (unpaired) electrons. The lowest BCUT2D eigenvalue weighted by Crippen LogP contribution is -2.49. The molecule has 166 valence electrons. The van der Waals surface area contributed by atoms with Crippen LogP contribution in [0.15, 0.2) is 18.7 Å². The summed E-state index contributed by atoms with van der Waals surface area (Å²) in [7, 11) is 0. The van der Waals surface area contributed by atoms with Gasteiger partial charge in [0, 0.05) is 71.2 Å². The quantitative estimate of drug-likeness (QED) is 0.664. The van der Waals surface area contributed by atoms with Gasteiger partial charge in [0.1, 0.15) is 0 Å². The van der Waals surface area contributed by atoms with E-state index in [1.165, 1.54) is 0 Å². The SMILES string of the molecule is O=C1CC[C@H](C(=O)N2CCC(Cn3ccnc3)CC2)CN1CCCN1CCOCC1. The molecule has 0 N–H and O–H groups in total. The minimum Gasteiger partial charge on any atom is -0.379 e. The number of imidazole rings is 1. The summed E-state index contributed by atoms with van der Waals surface area (Å²) in [5, 5.41) is 0. The van der Waals surface area contributed by atoms with Crippen molar-refractivity contribution in [2.45, 2.75) is 38.6 Å². The Morgan fingerprint density at radius 3 is 2.63 bits per heavy atom. The number of amides is 2. The summed E-state index contributed by atoms with van der Waals surface area (Å²) in [6.45, 7) is 8.56. The molecule has 1 aromatic heterocycles. The van der Waals surface area contributed by atoms with Gasteiger partial charge in [0.05, 0.1) is 25.5 Å². The van der Waals surface area contributed by atoms with Crippen LogP contribution in [0.5, 0.6) is 0 Å². The molecule has 4 heterocycles. The van der Waals surface area contributed by atoms with Gasteiger partial charge in [-0.2, -0.15) is 0 Å². The number of morpholine rings is 1. The summed E-state index contributed by atoms with van der Waals surface area (Å²) in [4.78, 5) is 36.0. The number of aromatic nitrogens is 2. The van der Waals surface area contributed by atoms with Gasteiger partial charge in [-0.3, -0.25) is 14.5 Å². The van der Waals surface area contributed by atoms with Crippen LogP contribution in [0, 0.1) is 11.8 Å². The number of nitrogens with zero attached hydrogens (tertiary/aromatic N) is 5. The first kappa shape index (κ1) is 21.3. The highest BCUT2D eigenvalue weighted by Gasteiger charge is 2.34. The standard InChI is InChI=1S/C22H35N5O3/c28-21-3-2-20(17-27(21)8-1-7-24-12-14-30-15-13-24)22(29)26-9-4-19(5-10-26)16-25-11-6-23-18-25/h6,11,18-20H,1-5,7-10,12-17H2/t20-/m0/s1. The molecule has 0 bridgehead atoms. The highest BCUT2D eigenvalue weighted by molar-refractivity contribution is 5.84. The van der Waals surface area contributed by atoms with Crippen molar-refractivity contribution in [3.05, 3.63) is 18.7 Å². The maximum atomic E-state index is 13.1. The van der Waals surface area contributed by atoms with E-state index in [0.717, 1.165) is 78.3 Å². The smallest absolute Gasteiger partial charge is 0.227 e. The summed E-state index contributed by atoms with van der Waals surface area (Å²) in [5.41, 5.74) is 0. The Labute approximate surface area is 179 Å². The zero-order chi connectivity index (χ0) is 20.8. The van der Waals surface area contributed by atoms with Crippen molar-refractivity contribution in [2.75, 3.05) is 59.0 Å². The van der Waals surface area contributed by atoms with Gasteiger partial charge >= 0.3 is 0 Å². The van der Waals surface area contributed by atoms with Crippen molar-refractivity contribution in [3.8, 4) is 0 Å². The molecule has 0 unspecified atom stereocenters. The van der Waals surface area contributed by atoms with E-state index in [4.69, 9.17) is 4.74 Å². The van der Waals surface area contributed by atoms with Gasteiger partial charge in [-0.05, 0) is 31.6 Å². The van der Waals surface area contributed by atoms with Gasteiger partial charge in [-0.25, -0.2) is 4.98 Å². The summed E-state index contributed by atoms with van der Waals surface area (Å²) in [6, 6.07) is 0. The average Bonchev–Trinajstić information content (AvgIpc) is 3.29. The van der Waals surface area contributed by atoms with E-state index in [0.29, 0.717) is 25.3 Å². The predicted octanol–water partition coefficient (Wildman–Crippen LogP) is 1.08. The van der Waals surface area contributed by atoms with E-state index >= 15 is 0 Å². The maximum Gasteiger partial charge on any atom is 0.227 e. The van der Waals surface area contributed by atoms with Gasteiger partial charge in [0.25, 0.3) is 0 Å². The summed E-state index contributed by atoms with van der Waals surface area (Å²) in [6.07, 6.45) is 9.94. The molecule has 1 aromatic rings. The van der Waals surface area contributed by atoms with Gasteiger partial charge < -0.3 is 19.1 Å². The second-order valence-electron chi connectivity index (χ2n) is 8.91. The fourth-order valence-electron chi connectivity index (χ4n) is 4.93. The van der Waals surface area contributed by atoms with Crippen LogP contribution in [0.25, 0.3) is 0 Å². The lowest BCUT2D eigenvalue weighted by molar-refractivity contribution is -0.144. The monoisotopic (exact) mass is 417 g/mol. The molecule has 0 aromatic carbocycles. The minimum atomic E-state index is -0.0312. The largest absolute Gasteiger partial charge is 0.379 e. The molecule has 3 saturated heterocycles. The first-order valence-electron chi connectivity index (χ1n) is 11.5. The Kier molecular flexibility index (Phi) is 7.38. The zero-order valence-electron chi connectivity index (χ0n) is 18.0. The third kappa shape index (κ3) is 5.60. The Balaban J connectivity index is 1.20. The van der Waals surface area contributed by atoms with Crippen LogP contribution in [-0.2, 0) is 20.9 Å². The Bertz CT molecular complexity index is 681. The van der Waals surface area contributed by atoms with Crippen molar-refractivity contribution in [1.82, 2.24) is 24.3 Å². The average molecular weight is 418 g/mol. The molecule has 2 amide bonds. The first-order valence-corrected chi connectivity index (χ1v) is 11.5. The third-order valence-electron chi connectivity index (χ3n) is 6.81. The van der Waals surface area contributed by atoms with Crippen LogP contribution < -0.4 is 0 Å². The van der Waals surface area contributed by atoms with Crippen LogP contribution in [0.1, 0.15) is 32.1 Å². The Morgan fingerprint density at radius 2 is 1.90 bits per heavy atom. The van der Waals surface area contributed by atoms with E-state index in [1.807, 2.05) is 28.5 Å². The molecule has 0 spiro atoms. The van der Waals surface area contributed by atoms with Crippen LogP contribution in [0.2, 0.25) is 0 Å². The van der Waals surface area contributed by atoms with Gasteiger partial charge in [-0.1, -0.05) is 0 Å². The van der Waals surface area contributed by atoms with Crippen molar-refractivity contribution in [2.24, 2.45) is 11.8 Å². The second-order valence-corrected chi connectivity index (χ2v) is 8.91. The van der Waals surface area contributed by atoms with E-state index in [-0.39, 0.29) is 17.7 Å². The molecular weight excluding hydrogens is 382 g/mol. The fraction of sp³-hybridized carbons (Fsp3) is 0.773. The lowest BCUT2D eigenvalue weighted by Gasteiger charge is -2.38. The maximum absolute atomic E-state index is 13.1. The number of carbonyl (C=O) groups is 2. The number of piperidine rings is 2. The van der Waals surface area contributed by atoms with Crippen LogP contribution in [0.4, 0.5) is 0 Å². The number of carbonyl (C=O) groups excluding carboxylic acids is 2. The second kappa shape index (κ2) is 10.4. The van der Waals surface area contributed by atoms with Crippen molar-refractivity contribution in [3.63, 3.8) is 0 Å². The number of hydrogen-bond donors (Lipinski definition) is 0. The minimum absolute atomic E-state index is 0.0312. The predicted molar refractivity (Wildman–Crippen MR) is 113 cm³/mol. The number of ether oxygens (including phenoxy) is 1. The van der Waals surface area contributed by atoms with Gasteiger partial charge in [0.15, 0.2) is 0 Å². The van der Waals surface area contributed by atoms with Crippen LogP contribution in [0.3, 0.4) is 0 Å². The van der Waals surface area contributed by atoms with Crippen molar-refractivity contribution >= 4 is 11.8 Å². The molecular formula is C22H35N5O3. The Hall–Kier alpha value is -1.93. The molecule has 8 nitrogen and oxygen atoms in total. The third-order valence-corrected chi connectivity index (χ3v) is 6.81. The highest BCUT2D eigenvalue weighted by Crippen LogP contribution is 2.24. The molecule has 0 saturated carbocycles. The molecule has 3 aliphatic heterocycles. The number of likely N-dealkylation sites (tertiary alicyclic amines) is 2. The van der Waals surface area contributed by atoms with Crippen molar-refractivity contribution in [1.29, 1.82) is 0 Å². The summed E-state index contributed by atoms with van der Waals surface area (Å²) < 4.78 is 7.52. The first-order chi connectivity index (χ1) is 14.7. The van der Waals surface area contributed by atoms with Crippen LogP contribution in [-0.4, -0.2) is 95.1 Å². The summed E-state index contributed by atoms with van der Waals surface area (Å²) >= 11 is 0. The van der Waals surface area contributed by atoms with E-state index in [1.54, 1.807) is 0 Å². The zero-order valence-corrected chi connectivity index (χ0v) is 18.0. The highest BCUT2D eigenvalue weighted by atomic mass is 16.5. The topological polar surface area (TPSA) is 70.9 Å². The van der Waals surface area contributed by atoms with E-state index in [9.17, 15) is 9.59 Å². The van der Waals surface area contributed by atoms with E-state index in [2.05, 4.69) is 14.5 Å². The van der Waals surface area contributed by atoms with Gasteiger partial charge in [0.2, 0.25) is 11.8 Å². The molecule has 3 aliphatic rings. The normalized spacial score (nSPS) is 24.4. The summed E-state index contributed by atoms with van der Waals surface area (Å²) in [5.74, 6) is 1.03. The molecule has 1 atom stereocenters. The molecule has 3 fully saturated rings. The molecule has 4 rings (SSSR count). The van der Waals surface area contributed by atoms with Crippen LogP contribution >= 0.6 is 0 Å². The fourth-order valence-corrected chi connectivity index (χ4v) is 4.93. The Morgan fingerprint density at radius 1 is 1.10 bits per heavy atom. The number of hydrogen-bond acceptors (Lipinski definition) is 5. The molecule has 30 heavy (non-hydrogen) atoms. The molecule has 8 heteroatoms. The molecule has 0 aliphatic carbocycles.